The highest BCUT2D eigenvalue weighted by Crippen LogP contribution is 2.41. The van der Waals surface area contributed by atoms with Crippen molar-refractivity contribution in [3.8, 4) is 5.82 Å². The number of anilines is 1. The lowest BCUT2D eigenvalue weighted by Gasteiger charge is -2.26. The van der Waals surface area contributed by atoms with Crippen molar-refractivity contribution >= 4 is 23.3 Å². The first-order chi connectivity index (χ1) is 15.7. The van der Waals surface area contributed by atoms with Crippen LogP contribution < -0.4 is 5.32 Å². The van der Waals surface area contributed by atoms with E-state index in [0.717, 1.165) is 30.7 Å². The monoisotopic (exact) mass is 477 g/mol. The van der Waals surface area contributed by atoms with Gasteiger partial charge in [-0.2, -0.15) is 23.4 Å². The molecule has 0 radical (unpaired) electrons. The minimum Gasteiger partial charge on any atom is -0.364 e. The van der Waals surface area contributed by atoms with Gasteiger partial charge in [0.05, 0.1) is 34.6 Å². The predicted octanol–water partition coefficient (Wildman–Crippen LogP) is 3.90. The van der Waals surface area contributed by atoms with Crippen molar-refractivity contribution in [1.82, 2.24) is 29.9 Å². The molecule has 2 aliphatic rings. The number of amides is 1. The first-order valence-electron chi connectivity index (χ1n) is 10.4. The first-order valence-corrected chi connectivity index (χ1v) is 10.8. The Morgan fingerprint density at radius 3 is 2.61 bits per heavy atom. The number of alkyl halides is 3. The standard InChI is InChI=1S/C21H19ClF3N7O/c1-11-6-14(19(27-9-11)32-28-4-5-29-32)20(33)31-13-2-3-17(31)16(8-13)30-18-15(22)7-12(10-26-18)21(23,24)25/h4-7,9-10,13,16-17H,2-3,8H2,1H3,(H,26,30). The molecule has 5 heterocycles. The molecular formula is C21H19ClF3N7O. The van der Waals surface area contributed by atoms with Gasteiger partial charge in [-0.25, -0.2) is 9.97 Å². The first kappa shape index (κ1) is 21.6. The van der Waals surface area contributed by atoms with E-state index in [1.807, 2.05) is 11.8 Å². The second kappa shape index (κ2) is 7.98. The number of fused-ring (bicyclic) bond motifs is 2. The zero-order chi connectivity index (χ0) is 23.3. The smallest absolute Gasteiger partial charge is 0.364 e. The van der Waals surface area contributed by atoms with Gasteiger partial charge >= 0.3 is 6.18 Å². The average Bonchev–Trinajstić information content (AvgIpc) is 3.50. The van der Waals surface area contributed by atoms with Gasteiger partial charge in [-0.05, 0) is 43.9 Å². The summed E-state index contributed by atoms with van der Waals surface area (Å²) in [5.41, 5.74) is 0.320. The van der Waals surface area contributed by atoms with Crippen LogP contribution in [0.1, 0.15) is 40.7 Å². The Hall–Kier alpha value is -3.21. The maximum Gasteiger partial charge on any atom is 0.417 e. The maximum atomic E-state index is 13.6. The van der Waals surface area contributed by atoms with Gasteiger partial charge in [0.1, 0.15) is 5.82 Å². The molecule has 3 unspecified atom stereocenters. The fourth-order valence-electron chi connectivity index (χ4n) is 4.68. The molecule has 12 heteroatoms. The quantitative estimate of drug-likeness (QED) is 0.613. The molecule has 2 bridgehead atoms. The van der Waals surface area contributed by atoms with Crippen molar-refractivity contribution < 1.29 is 18.0 Å². The van der Waals surface area contributed by atoms with Crippen LogP contribution in [-0.4, -0.2) is 53.9 Å². The highest BCUT2D eigenvalue weighted by Gasteiger charge is 2.49. The zero-order valence-electron chi connectivity index (χ0n) is 17.4. The molecule has 2 saturated heterocycles. The van der Waals surface area contributed by atoms with Crippen LogP contribution in [-0.2, 0) is 6.18 Å². The lowest BCUT2D eigenvalue weighted by Crippen LogP contribution is -2.40. The molecule has 0 aliphatic carbocycles. The molecule has 0 aromatic carbocycles. The minimum atomic E-state index is -4.52. The Morgan fingerprint density at radius 1 is 1.15 bits per heavy atom. The highest BCUT2D eigenvalue weighted by molar-refractivity contribution is 6.33. The van der Waals surface area contributed by atoms with Crippen molar-refractivity contribution in [3.05, 3.63) is 58.6 Å². The number of carbonyl (C=O) groups excluding carboxylic acids is 1. The normalized spacial score (nSPS) is 22.1. The fraction of sp³-hybridized carbons (Fsp3) is 0.381. The molecule has 0 saturated carbocycles. The molecule has 172 valence electrons. The zero-order valence-corrected chi connectivity index (χ0v) is 18.2. The van der Waals surface area contributed by atoms with Gasteiger partial charge in [0.2, 0.25) is 0 Å². The van der Waals surface area contributed by atoms with E-state index in [-0.39, 0.29) is 34.9 Å². The second-order valence-electron chi connectivity index (χ2n) is 8.25. The lowest BCUT2D eigenvalue weighted by molar-refractivity contribution is -0.137. The number of hydrogen-bond donors (Lipinski definition) is 1. The fourth-order valence-corrected chi connectivity index (χ4v) is 4.90. The summed E-state index contributed by atoms with van der Waals surface area (Å²) < 4.78 is 38.7. The molecule has 1 N–H and O–H groups in total. The van der Waals surface area contributed by atoms with Gasteiger partial charge in [0, 0.05) is 24.5 Å². The Kier molecular flexibility index (Phi) is 5.23. The topological polar surface area (TPSA) is 88.8 Å². The van der Waals surface area contributed by atoms with Crippen LogP contribution in [0.25, 0.3) is 5.82 Å². The van der Waals surface area contributed by atoms with E-state index in [1.54, 1.807) is 12.3 Å². The maximum absolute atomic E-state index is 13.6. The lowest BCUT2D eigenvalue weighted by atomic mass is 9.95. The van der Waals surface area contributed by atoms with Crippen LogP contribution in [0.3, 0.4) is 0 Å². The number of pyridine rings is 2. The van der Waals surface area contributed by atoms with Crippen LogP contribution in [0.15, 0.2) is 36.9 Å². The number of aryl methyl sites for hydroxylation is 1. The largest absolute Gasteiger partial charge is 0.417 e. The summed E-state index contributed by atoms with van der Waals surface area (Å²) in [5, 5.41) is 11.3. The number of rotatable bonds is 4. The summed E-state index contributed by atoms with van der Waals surface area (Å²) >= 11 is 6.08. The number of nitrogens with one attached hydrogen (secondary N) is 1. The molecule has 5 rings (SSSR count). The SMILES string of the molecule is Cc1cnc(-n2nccn2)c(C(=O)N2C3CCC2C(Nc2ncc(C(F)(F)F)cc2Cl)C3)c1. The van der Waals surface area contributed by atoms with E-state index in [1.165, 1.54) is 17.2 Å². The van der Waals surface area contributed by atoms with E-state index in [0.29, 0.717) is 17.8 Å². The average molecular weight is 478 g/mol. The van der Waals surface area contributed by atoms with Crippen molar-refractivity contribution in [1.29, 1.82) is 0 Å². The molecule has 3 atom stereocenters. The van der Waals surface area contributed by atoms with Gasteiger partial charge < -0.3 is 10.2 Å². The van der Waals surface area contributed by atoms with Crippen molar-refractivity contribution in [2.24, 2.45) is 0 Å². The van der Waals surface area contributed by atoms with Gasteiger partial charge in [-0.1, -0.05) is 11.6 Å². The van der Waals surface area contributed by atoms with Crippen LogP contribution in [0, 0.1) is 6.92 Å². The van der Waals surface area contributed by atoms with E-state index < -0.39 is 11.7 Å². The summed E-state index contributed by atoms with van der Waals surface area (Å²) in [4.78, 5) is 25.0. The van der Waals surface area contributed by atoms with Gasteiger partial charge in [-0.3, -0.25) is 4.79 Å². The summed E-state index contributed by atoms with van der Waals surface area (Å²) in [7, 11) is 0. The third-order valence-corrected chi connectivity index (χ3v) is 6.39. The summed E-state index contributed by atoms with van der Waals surface area (Å²) in [6, 6.07) is 2.28. The molecule has 8 nitrogen and oxygen atoms in total. The highest BCUT2D eigenvalue weighted by atomic mass is 35.5. The number of nitrogens with zero attached hydrogens (tertiary/aromatic N) is 6. The summed E-state index contributed by atoms with van der Waals surface area (Å²) in [6.07, 6.45) is 3.16. The van der Waals surface area contributed by atoms with Gasteiger partial charge in [0.15, 0.2) is 5.82 Å². The van der Waals surface area contributed by atoms with E-state index >= 15 is 0 Å². The summed E-state index contributed by atoms with van der Waals surface area (Å²) in [6.45, 7) is 1.85. The molecule has 1 amide bonds. The Balaban J connectivity index is 1.40. The minimum absolute atomic E-state index is 0.00725. The van der Waals surface area contributed by atoms with Crippen molar-refractivity contribution in [2.75, 3.05) is 5.32 Å². The Labute approximate surface area is 191 Å². The number of aromatic nitrogens is 5. The van der Waals surface area contributed by atoms with Crippen molar-refractivity contribution in [2.45, 2.75) is 50.5 Å². The summed E-state index contributed by atoms with van der Waals surface area (Å²) in [5.74, 6) is 0.342. The van der Waals surface area contributed by atoms with Crippen LogP contribution in [0.4, 0.5) is 19.0 Å². The Bertz CT molecular complexity index is 1200. The molecule has 3 aromatic heterocycles. The number of halogens is 4. The van der Waals surface area contributed by atoms with Gasteiger partial charge in [0.25, 0.3) is 5.91 Å². The van der Waals surface area contributed by atoms with Crippen LogP contribution in [0.5, 0.6) is 0 Å². The van der Waals surface area contributed by atoms with Gasteiger partial charge in [-0.15, -0.1) is 4.80 Å². The molecular weight excluding hydrogens is 459 g/mol. The molecule has 3 aromatic rings. The predicted molar refractivity (Wildman–Crippen MR) is 113 cm³/mol. The van der Waals surface area contributed by atoms with Crippen molar-refractivity contribution in [3.63, 3.8) is 0 Å². The molecule has 0 spiro atoms. The third-order valence-electron chi connectivity index (χ3n) is 6.10. The second-order valence-corrected chi connectivity index (χ2v) is 8.66. The number of carbonyl (C=O) groups is 1. The van der Waals surface area contributed by atoms with Crippen LogP contribution >= 0.6 is 11.6 Å². The molecule has 2 aliphatic heterocycles. The van der Waals surface area contributed by atoms with E-state index in [4.69, 9.17) is 11.6 Å². The van der Waals surface area contributed by atoms with E-state index in [9.17, 15) is 18.0 Å². The number of hydrogen-bond acceptors (Lipinski definition) is 6. The molecule has 2 fully saturated rings. The third kappa shape index (κ3) is 3.90. The van der Waals surface area contributed by atoms with Crippen LogP contribution in [0.2, 0.25) is 5.02 Å². The van der Waals surface area contributed by atoms with E-state index in [2.05, 4.69) is 25.5 Å². The Morgan fingerprint density at radius 2 is 1.91 bits per heavy atom. The molecule has 33 heavy (non-hydrogen) atoms.